The van der Waals surface area contributed by atoms with Crippen LogP contribution in [0.15, 0.2) is 24.3 Å². The van der Waals surface area contributed by atoms with Gasteiger partial charge in [-0.25, -0.2) is 0 Å². The number of nitrogens with one attached hydrogen (secondary N) is 2. The number of carbonyl (C=O) groups excluding carboxylic acids is 1. The molecule has 1 atom stereocenters. The van der Waals surface area contributed by atoms with E-state index in [4.69, 9.17) is 16.7 Å². The molecule has 1 amide bonds. The maximum atomic E-state index is 11.7. The molecule has 0 radical (unpaired) electrons. The lowest BCUT2D eigenvalue weighted by molar-refractivity contribution is -0.115. The van der Waals surface area contributed by atoms with Crippen molar-refractivity contribution in [2.75, 3.05) is 25.0 Å². The Hall–Kier alpha value is -1.10. The van der Waals surface area contributed by atoms with Crippen molar-refractivity contribution in [2.24, 2.45) is 5.92 Å². The number of aliphatic hydroxyl groups is 1. The highest BCUT2D eigenvalue weighted by molar-refractivity contribution is 6.30. The van der Waals surface area contributed by atoms with Crippen molar-refractivity contribution < 1.29 is 9.90 Å². The second kappa shape index (κ2) is 9.75. The Morgan fingerprint density at radius 1 is 1.30 bits per heavy atom. The average Bonchev–Trinajstić information content (AvgIpc) is 2.42. The minimum atomic E-state index is -0.0773. The predicted molar refractivity (Wildman–Crippen MR) is 83.1 cm³/mol. The number of halogens is 1. The lowest BCUT2D eigenvalue weighted by Crippen LogP contribution is -2.32. The van der Waals surface area contributed by atoms with Crippen molar-refractivity contribution in [3.8, 4) is 0 Å². The van der Waals surface area contributed by atoms with Crippen molar-refractivity contribution in [3.05, 3.63) is 29.3 Å². The summed E-state index contributed by atoms with van der Waals surface area (Å²) in [5.41, 5.74) is 0.738. The van der Waals surface area contributed by atoms with Crippen LogP contribution in [0, 0.1) is 5.92 Å². The van der Waals surface area contributed by atoms with Crippen LogP contribution in [0.3, 0.4) is 0 Å². The molecule has 4 nitrogen and oxygen atoms in total. The third kappa shape index (κ3) is 6.89. The summed E-state index contributed by atoms with van der Waals surface area (Å²) < 4.78 is 0. The van der Waals surface area contributed by atoms with Crippen LogP contribution >= 0.6 is 11.6 Å². The fraction of sp³-hybridized carbons (Fsp3) is 0.533. The zero-order valence-corrected chi connectivity index (χ0v) is 12.6. The molecule has 1 rings (SSSR count). The molecule has 0 aliphatic rings. The summed E-state index contributed by atoms with van der Waals surface area (Å²) in [6.07, 6.45) is 2.93. The highest BCUT2D eigenvalue weighted by Crippen LogP contribution is 2.13. The molecule has 0 aliphatic carbocycles. The number of benzene rings is 1. The molecule has 3 N–H and O–H groups in total. The van der Waals surface area contributed by atoms with Gasteiger partial charge >= 0.3 is 0 Å². The highest BCUT2D eigenvalue weighted by Gasteiger charge is 2.08. The van der Waals surface area contributed by atoms with E-state index in [-0.39, 0.29) is 19.1 Å². The monoisotopic (exact) mass is 298 g/mol. The molecule has 0 aromatic heterocycles. The second-order valence-corrected chi connectivity index (χ2v) is 5.29. The van der Waals surface area contributed by atoms with E-state index in [1.54, 1.807) is 24.3 Å². The summed E-state index contributed by atoms with van der Waals surface area (Å²) in [7, 11) is 0. The number of hydrogen-bond acceptors (Lipinski definition) is 3. The van der Waals surface area contributed by atoms with E-state index in [2.05, 4.69) is 17.6 Å². The van der Waals surface area contributed by atoms with E-state index in [0.717, 1.165) is 31.5 Å². The molecule has 0 saturated heterocycles. The van der Waals surface area contributed by atoms with Gasteiger partial charge in [-0.15, -0.1) is 0 Å². The first-order valence-corrected chi connectivity index (χ1v) is 7.40. The van der Waals surface area contributed by atoms with Gasteiger partial charge in [0, 0.05) is 17.3 Å². The third-order valence-electron chi connectivity index (χ3n) is 3.08. The Labute approximate surface area is 125 Å². The van der Waals surface area contributed by atoms with Crippen LogP contribution in [0.4, 0.5) is 5.69 Å². The van der Waals surface area contributed by atoms with Crippen LogP contribution in [-0.4, -0.2) is 30.7 Å². The lowest BCUT2D eigenvalue weighted by atomic mass is 10.0. The molecular formula is C15H23ClN2O2. The van der Waals surface area contributed by atoms with Crippen LogP contribution in [-0.2, 0) is 4.79 Å². The summed E-state index contributed by atoms with van der Waals surface area (Å²) in [4.78, 5) is 11.7. The number of aliphatic hydroxyl groups excluding tert-OH is 1. The standard InChI is InChI=1S/C15H23ClN2O2/c1-2-3-12(8-9-19)10-17-11-15(20)18-14-6-4-13(16)5-7-14/h4-7,12,17,19H,2-3,8-11H2,1H3,(H,18,20). The quantitative estimate of drug-likeness (QED) is 0.657. The van der Waals surface area contributed by atoms with Gasteiger partial charge in [0.2, 0.25) is 5.91 Å². The molecule has 1 aromatic carbocycles. The Balaban J connectivity index is 2.26. The smallest absolute Gasteiger partial charge is 0.238 e. The topological polar surface area (TPSA) is 61.4 Å². The molecule has 1 aromatic rings. The van der Waals surface area contributed by atoms with Gasteiger partial charge in [0.1, 0.15) is 0 Å². The van der Waals surface area contributed by atoms with Crippen molar-refractivity contribution in [2.45, 2.75) is 26.2 Å². The van der Waals surface area contributed by atoms with E-state index in [1.165, 1.54) is 0 Å². The molecule has 1 unspecified atom stereocenters. The summed E-state index contributed by atoms with van der Waals surface area (Å²) >= 11 is 5.78. The first-order chi connectivity index (χ1) is 9.65. The van der Waals surface area contributed by atoms with Crippen molar-refractivity contribution >= 4 is 23.2 Å². The molecule has 0 bridgehead atoms. The minimum absolute atomic E-state index is 0.0773. The molecule has 20 heavy (non-hydrogen) atoms. The van der Waals surface area contributed by atoms with Crippen LogP contribution < -0.4 is 10.6 Å². The summed E-state index contributed by atoms with van der Waals surface area (Å²) in [6, 6.07) is 7.02. The molecule has 0 fully saturated rings. The first-order valence-electron chi connectivity index (χ1n) is 7.02. The fourth-order valence-electron chi connectivity index (χ4n) is 2.07. The normalized spacial score (nSPS) is 12.2. The van der Waals surface area contributed by atoms with Crippen LogP contribution in [0.5, 0.6) is 0 Å². The van der Waals surface area contributed by atoms with Gasteiger partial charge in [-0.1, -0.05) is 24.9 Å². The van der Waals surface area contributed by atoms with Crippen LogP contribution in [0.1, 0.15) is 26.2 Å². The Kier molecular flexibility index (Phi) is 8.26. The van der Waals surface area contributed by atoms with E-state index < -0.39 is 0 Å². The summed E-state index contributed by atoms with van der Waals surface area (Å²) in [5.74, 6) is 0.347. The Morgan fingerprint density at radius 3 is 2.60 bits per heavy atom. The zero-order valence-electron chi connectivity index (χ0n) is 11.9. The zero-order chi connectivity index (χ0) is 14.8. The van der Waals surface area contributed by atoms with Gasteiger partial charge in [-0.3, -0.25) is 4.79 Å². The maximum Gasteiger partial charge on any atom is 0.238 e. The lowest BCUT2D eigenvalue weighted by Gasteiger charge is -2.15. The SMILES string of the molecule is CCCC(CCO)CNCC(=O)Nc1ccc(Cl)cc1. The molecule has 5 heteroatoms. The van der Waals surface area contributed by atoms with Crippen LogP contribution in [0.25, 0.3) is 0 Å². The van der Waals surface area contributed by atoms with Gasteiger partial charge < -0.3 is 15.7 Å². The van der Waals surface area contributed by atoms with E-state index >= 15 is 0 Å². The van der Waals surface area contributed by atoms with Crippen molar-refractivity contribution in [3.63, 3.8) is 0 Å². The van der Waals surface area contributed by atoms with Gasteiger partial charge in [0.15, 0.2) is 0 Å². The van der Waals surface area contributed by atoms with Gasteiger partial charge in [0.05, 0.1) is 6.54 Å². The van der Waals surface area contributed by atoms with E-state index in [1.807, 2.05) is 0 Å². The van der Waals surface area contributed by atoms with E-state index in [9.17, 15) is 4.79 Å². The number of carbonyl (C=O) groups is 1. The van der Waals surface area contributed by atoms with Crippen molar-refractivity contribution in [1.82, 2.24) is 5.32 Å². The third-order valence-corrected chi connectivity index (χ3v) is 3.33. The van der Waals surface area contributed by atoms with Gasteiger partial charge in [-0.2, -0.15) is 0 Å². The van der Waals surface area contributed by atoms with Gasteiger partial charge in [-0.05, 0) is 49.6 Å². The second-order valence-electron chi connectivity index (χ2n) is 4.85. The van der Waals surface area contributed by atoms with E-state index in [0.29, 0.717) is 10.9 Å². The Bertz CT molecular complexity index is 389. The summed E-state index contributed by atoms with van der Waals surface area (Å²) in [5, 5.41) is 15.6. The first kappa shape index (κ1) is 17.0. The number of hydrogen-bond donors (Lipinski definition) is 3. The predicted octanol–water partition coefficient (Wildman–Crippen LogP) is 2.67. The molecular weight excluding hydrogens is 276 g/mol. The highest BCUT2D eigenvalue weighted by atomic mass is 35.5. The molecule has 0 spiro atoms. The average molecular weight is 299 g/mol. The number of anilines is 1. The fourth-order valence-corrected chi connectivity index (χ4v) is 2.19. The summed E-state index contributed by atoms with van der Waals surface area (Å²) in [6.45, 7) is 3.34. The number of rotatable bonds is 9. The largest absolute Gasteiger partial charge is 0.396 e. The molecule has 0 saturated carbocycles. The Morgan fingerprint density at radius 2 is 2.00 bits per heavy atom. The van der Waals surface area contributed by atoms with Gasteiger partial charge in [0.25, 0.3) is 0 Å². The van der Waals surface area contributed by atoms with Crippen molar-refractivity contribution in [1.29, 1.82) is 0 Å². The molecule has 112 valence electrons. The molecule has 0 aliphatic heterocycles. The number of amides is 1. The minimum Gasteiger partial charge on any atom is -0.396 e. The van der Waals surface area contributed by atoms with Crippen LogP contribution in [0.2, 0.25) is 5.02 Å². The molecule has 0 heterocycles. The maximum absolute atomic E-state index is 11.7.